The monoisotopic (exact) mass is 234 g/mol. The number of aromatic amines is 1. The lowest BCUT2D eigenvalue weighted by Crippen LogP contribution is -2.05. The summed E-state index contributed by atoms with van der Waals surface area (Å²) >= 11 is 0. The Kier molecular flexibility index (Phi) is 1.94. The second-order valence-electron chi connectivity index (χ2n) is 4.63. The predicted molar refractivity (Wildman–Crippen MR) is 70.8 cm³/mol. The Morgan fingerprint density at radius 3 is 2.78 bits per heavy atom. The second kappa shape index (κ2) is 3.60. The van der Waals surface area contributed by atoms with Gasteiger partial charge in [-0.3, -0.25) is 10.4 Å². The zero-order valence-corrected chi connectivity index (χ0v) is 9.80. The van der Waals surface area contributed by atoms with Crippen LogP contribution in [0, 0.1) is 0 Å². The van der Waals surface area contributed by atoms with Crippen molar-refractivity contribution in [2.24, 2.45) is 0 Å². The SMILES string of the molecule is c1ccc2c(c1)CC(c1n[nH]c3ccccc13)[N]2. The molecule has 1 radical (unpaired) electrons. The van der Waals surface area contributed by atoms with Crippen LogP contribution in [0.25, 0.3) is 10.9 Å². The van der Waals surface area contributed by atoms with Gasteiger partial charge in [-0.2, -0.15) is 5.10 Å². The first-order valence-electron chi connectivity index (χ1n) is 6.13. The highest BCUT2D eigenvalue weighted by molar-refractivity contribution is 5.82. The van der Waals surface area contributed by atoms with E-state index in [0.29, 0.717) is 0 Å². The van der Waals surface area contributed by atoms with Crippen LogP contribution in [-0.2, 0) is 6.42 Å². The van der Waals surface area contributed by atoms with Crippen LogP contribution in [0.15, 0.2) is 48.5 Å². The molecule has 1 aliphatic rings. The average molecular weight is 234 g/mol. The minimum absolute atomic E-state index is 0.151. The molecule has 2 heterocycles. The van der Waals surface area contributed by atoms with E-state index in [1.54, 1.807) is 0 Å². The van der Waals surface area contributed by atoms with Gasteiger partial charge in [0.1, 0.15) is 0 Å². The number of nitrogens with one attached hydrogen (secondary N) is 1. The van der Waals surface area contributed by atoms with Crippen molar-refractivity contribution in [3.05, 3.63) is 59.8 Å². The first-order valence-corrected chi connectivity index (χ1v) is 6.13. The molecule has 0 spiro atoms. The molecule has 4 rings (SSSR count). The van der Waals surface area contributed by atoms with Crippen molar-refractivity contribution in [1.29, 1.82) is 0 Å². The normalized spacial score (nSPS) is 17.7. The molecule has 1 aromatic heterocycles. The fourth-order valence-electron chi connectivity index (χ4n) is 2.63. The smallest absolute Gasteiger partial charge is 0.0992 e. The van der Waals surface area contributed by atoms with Gasteiger partial charge in [0, 0.05) is 11.8 Å². The highest BCUT2D eigenvalue weighted by Crippen LogP contribution is 2.35. The summed E-state index contributed by atoms with van der Waals surface area (Å²) in [6.45, 7) is 0. The lowest BCUT2D eigenvalue weighted by Gasteiger charge is -2.05. The van der Waals surface area contributed by atoms with Gasteiger partial charge in [0.15, 0.2) is 0 Å². The molecule has 3 nitrogen and oxygen atoms in total. The fraction of sp³-hybridized carbons (Fsp3) is 0.133. The van der Waals surface area contributed by atoms with Crippen LogP contribution in [0.4, 0.5) is 5.69 Å². The van der Waals surface area contributed by atoms with Gasteiger partial charge in [-0.15, -0.1) is 0 Å². The lowest BCUT2D eigenvalue weighted by molar-refractivity contribution is 0.646. The summed E-state index contributed by atoms with van der Waals surface area (Å²) in [5.41, 5.74) is 4.56. The van der Waals surface area contributed by atoms with Gasteiger partial charge >= 0.3 is 0 Å². The maximum Gasteiger partial charge on any atom is 0.0992 e. The van der Waals surface area contributed by atoms with Crippen molar-refractivity contribution in [1.82, 2.24) is 15.5 Å². The molecule has 1 aliphatic heterocycles. The van der Waals surface area contributed by atoms with E-state index in [0.717, 1.165) is 23.3 Å². The summed E-state index contributed by atoms with van der Waals surface area (Å²) in [6.07, 6.45) is 0.949. The number of benzene rings is 2. The van der Waals surface area contributed by atoms with E-state index in [1.165, 1.54) is 10.9 Å². The van der Waals surface area contributed by atoms with Gasteiger partial charge in [-0.1, -0.05) is 36.4 Å². The van der Waals surface area contributed by atoms with E-state index in [9.17, 15) is 0 Å². The van der Waals surface area contributed by atoms with Crippen molar-refractivity contribution in [2.45, 2.75) is 12.5 Å². The second-order valence-corrected chi connectivity index (χ2v) is 4.63. The molecular formula is C15H12N3. The number of fused-ring (bicyclic) bond motifs is 2. The number of aromatic nitrogens is 2. The molecular weight excluding hydrogens is 222 g/mol. The molecule has 1 unspecified atom stereocenters. The topological polar surface area (TPSA) is 42.8 Å². The van der Waals surface area contributed by atoms with Crippen molar-refractivity contribution < 1.29 is 0 Å². The van der Waals surface area contributed by atoms with Gasteiger partial charge in [0.2, 0.25) is 0 Å². The molecule has 0 saturated carbocycles. The highest BCUT2D eigenvalue weighted by atomic mass is 15.1. The molecule has 3 heteroatoms. The van der Waals surface area contributed by atoms with Crippen LogP contribution in [0.3, 0.4) is 0 Å². The zero-order chi connectivity index (χ0) is 11.9. The van der Waals surface area contributed by atoms with Crippen molar-refractivity contribution in [3.8, 4) is 0 Å². The molecule has 2 aromatic carbocycles. The summed E-state index contributed by atoms with van der Waals surface area (Å²) in [5.74, 6) is 0. The first-order chi connectivity index (χ1) is 8.92. The zero-order valence-electron chi connectivity index (χ0n) is 9.80. The maximum absolute atomic E-state index is 4.76. The summed E-state index contributed by atoms with van der Waals surface area (Å²) in [4.78, 5) is 0. The minimum atomic E-state index is 0.151. The molecule has 18 heavy (non-hydrogen) atoms. The van der Waals surface area contributed by atoms with Gasteiger partial charge in [-0.25, -0.2) is 0 Å². The van der Waals surface area contributed by atoms with Crippen molar-refractivity contribution in [3.63, 3.8) is 0 Å². The van der Waals surface area contributed by atoms with E-state index < -0.39 is 0 Å². The number of H-pyrrole nitrogens is 1. The van der Waals surface area contributed by atoms with Crippen molar-refractivity contribution in [2.75, 3.05) is 0 Å². The third kappa shape index (κ3) is 1.34. The van der Waals surface area contributed by atoms with E-state index in [4.69, 9.17) is 5.32 Å². The van der Waals surface area contributed by atoms with Crippen LogP contribution < -0.4 is 5.32 Å². The van der Waals surface area contributed by atoms with E-state index >= 15 is 0 Å². The average Bonchev–Trinajstić information content (AvgIpc) is 3.02. The van der Waals surface area contributed by atoms with Crippen molar-refractivity contribution >= 4 is 16.6 Å². The van der Waals surface area contributed by atoms with Crippen LogP contribution in [-0.4, -0.2) is 10.2 Å². The quantitative estimate of drug-likeness (QED) is 0.690. The van der Waals surface area contributed by atoms with E-state index in [2.05, 4.69) is 34.5 Å². The fourth-order valence-corrected chi connectivity index (χ4v) is 2.63. The van der Waals surface area contributed by atoms with Crippen LogP contribution in [0.2, 0.25) is 0 Å². The maximum atomic E-state index is 4.76. The van der Waals surface area contributed by atoms with Crippen LogP contribution >= 0.6 is 0 Å². The molecule has 0 amide bonds. The Labute approximate surface area is 105 Å². The Morgan fingerprint density at radius 1 is 1.00 bits per heavy atom. The molecule has 87 valence electrons. The third-order valence-electron chi connectivity index (χ3n) is 3.52. The molecule has 0 aliphatic carbocycles. The summed E-state index contributed by atoms with van der Waals surface area (Å²) in [5, 5.41) is 13.5. The Bertz CT molecular complexity index is 689. The largest absolute Gasteiger partial charge is 0.277 e. The van der Waals surface area contributed by atoms with E-state index in [-0.39, 0.29) is 6.04 Å². The van der Waals surface area contributed by atoms with Gasteiger partial charge in [0.25, 0.3) is 0 Å². The third-order valence-corrected chi connectivity index (χ3v) is 3.52. The Hall–Kier alpha value is -2.29. The minimum Gasteiger partial charge on any atom is -0.277 e. The number of rotatable bonds is 1. The molecule has 0 bridgehead atoms. The molecule has 3 aromatic rings. The van der Waals surface area contributed by atoms with Gasteiger partial charge in [-0.05, 0) is 17.7 Å². The van der Waals surface area contributed by atoms with Crippen LogP contribution in [0.1, 0.15) is 17.3 Å². The molecule has 0 saturated heterocycles. The number of nitrogens with zero attached hydrogens (tertiary/aromatic N) is 2. The number of hydrogen-bond donors (Lipinski definition) is 1. The summed E-state index contributed by atoms with van der Waals surface area (Å²) in [6, 6.07) is 16.7. The summed E-state index contributed by atoms with van der Waals surface area (Å²) in [7, 11) is 0. The molecule has 0 fully saturated rings. The standard InChI is InChI=1S/C15H12N3/c1-3-7-12-10(5-1)9-14(16-12)15-11-6-2-4-8-13(11)17-18-15/h1-8,14H,9H2,(H,17,18). The Morgan fingerprint density at radius 2 is 1.83 bits per heavy atom. The molecule has 1 atom stereocenters. The Balaban J connectivity index is 1.78. The lowest BCUT2D eigenvalue weighted by atomic mass is 10.1. The number of hydrogen-bond acceptors (Lipinski definition) is 1. The predicted octanol–water partition coefficient (Wildman–Crippen LogP) is 3.10. The van der Waals surface area contributed by atoms with Gasteiger partial charge < -0.3 is 0 Å². The van der Waals surface area contributed by atoms with Gasteiger partial charge in [0.05, 0.1) is 22.9 Å². The first kappa shape index (κ1) is 9.71. The highest BCUT2D eigenvalue weighted by Gasteiger charge is 2.26. The molecule has 1 N–H and O–H groups in total. The van der Waals surface area contributed by atoms with Crippen LogP contribution in [0.5, 0.6) is 0 Å². The van der Waals surface area contributed by atoms with E-state index in [1.807, 2.05) is 24.3 Å². The number of para-hydroxylation sites is 2. The summed E-state index contributed by atoms with van der Waals surface area (Å²) < 4.78 is 0.